The van der Waals surface area contributed by atoms with Crippen LogP contribution in [0, 0.1) is 11.3 Å². The minimum Gasteiger partial charge on any atom is -0.0591 e. The van der Waals surface area contributed by atoms with Crippen LogP contribution in [0.4, 0.5) is 0 Å². The molecule has 0 saturated heterocycles. The van der Waals surface area contributed by atoms with Crippen molar-refractivity contribution >= 4 is 0 Å². The number of hydrogen-bond donors (Lipinski definition) is 0. The van der Waals surface area contributed by atoms with E-state index in [0.29, 0.717) is 0 Å². The van der Waals surface area contributed by atoms with E-state index in [2.05, 4.69) is 6.92 Å². The predicted octanol–water partition coefficient (Wildman–Crippen LogP) is 2.15. The molecular weight excluding hydrogens is 84.1 g/mol. The highest BCUT2D eigenvalue weighted by Crippen LogP contribution is 2.62. The van der Waals surface area contributed by atoms with Crippen molar-refractivity contribution in [2.75, 3.05) is 0 Å². The summed E-state index contributed by atoms with van der Waals surface area (Å²) in [6.45, 7) is 2.40. The van der Waals surface area contributed by atoms with Crippen molar-refractivity contribution in [2.24, 2.45) is 5.41 Å². The van der Waals surface area contributed by atoms with Crippen molar-refractivity contribution in [1.82, 2.24) is 0 Å². The quantitative estimate of drug-likeness (QED) is 0.468. The molecule has 0 unspecified atom stereocenters. The lowest BCUT2D eigenvalue weighted by atomic mass is 10.1. The molecule has 0 heteroatoms. The van der Waals surface area contributed by atoms with Gasteiger partial charge in [-0.3, -0.25) is 0 Å². The monoisotopic (exact) mass is 95.1 g/mol. The summed E-state index contributed by atoms with van der Waals surface area (Å²) in [5.74, 6) is 1.85. The van der Waals surface area contributed by atoms with Gasteiger partial charge < -0.3 is 0 Å². The average Bonchev–Trinajstić information content (AvgIpc) is 2.14. The molecular formula is C7H11. The molecule has 2 aliphatic carbocycles. The predicted molar refractivity (Wildman–Crippen MR) is 29.8 cm³/mol. The smallest absolute Gasteiger partial charge is 0.0181 e. The van der Waals surface area contributed by atoms with Gasteiger partial charge in [0.15, 0.2) is 0 Å². The first kappa shape index (κ1) is 3.94. The van der Waals surface area contributed by atoms with Gasteiger partial charge in [0.2, 0.25) is 0 Å². The van der Waals surface area contributed by atoms with Crippen LogP contribution in [0.25, 0.3) is 0 Å². The van der Waals surface area contributed by atoms with E-state index >= 15 is 0 Å². The topological polar surface area (TPSA) is 0 Å². The molecule has 0 N–H and O–H groups in total. The van der Waals surface area contributed by atoms with Gasteiger partial charge in [0.05, 0.1) is 0 Å². The van der Waals surface area contributed by atoms with Crippen LogP contribution >= 0.6 is 0 Å². The second-order valence-electron chi connectivity index (χ2n) is 3.16. The summed E-state index contributed by atoms with van der Waals surface area (Å²) in [6, 6.07) is 0. The molecule has 0 aromatic carbocycles. The minimum atomic E-state index is 0.778. The Morgan fingerprint density at radius 1 is 1.29 bits per heavy atom. The van der Waals surface area contributed by atoms with Gasteiger partial charge in [-0.05, 0) is 37.0 Å². The lowest BCUT2D eigenvalue weighted by Gasteiger charge is -1.99. The molecule has 39 valence electrons. The molecule has 0 amide bonds. The zero-order valence-corrected chi connectivity index (χ0v) is 4.83. The highest BCUT2D eigenvalue weighted by atomic mass is 14.5. The molecule has 0 aromatic heterocycles. The molecule has 7 heavy (non-hydrogen) atoms. The van der Waals surface area contributed by atoms with E-state index in [1.807, 2.05) is 5.92 Å². The minimum absolute atomic E-state index is 0.778. The van der Waals surface area contributed by atoms with Crippen LogP contribution < -0.4 is 0 Å². The Bertz CT molecular complexity index is 86.2. The van der Waals surface area contributed by atoms with Gasteiger partial charge in [-0.25, -0.2) is 0 Å². The highest BCUT2D eigenvalue weighted by Gasteiger charge is 2.49. The Hall–Kier alpha value is 0. The van der Waals surface area contributed by atoms with Crippen molar-refractivity contribution < 1.29 is 0 Å². The van der Waals surface area contributed by atoms with Gasteiger partial charge >= 0.3 is 0 Å². The van der Waals surface area contributed by atoms with E-state index in [0.717, 1.165) is 5.41 Å². The van der Waals surface area contributed by atoms with E-state index in [1.54, 1.807) is 0 Å². The van der Waals surface area contributed by atoms with Crippen LogP contribution in [0.5, 0.6) is 0 Å². The van der Waals surface area contributed by atoms with E-state index in [4.69, 9.17) is 0 Å². The van der Waals surface area contributed by atoms with Crippen molar-refractivity contribution in [1.29, 1.82) is 0 Å². The molecule has 0 aromatic rings. The molecule has 0 nitrogen and oxygen atoms in total. The van der Waals surface area contributed by atoms with Crippen LogP contribution in [0.15, 0.2) is 0 Å². The molecule has 0 bridgehead atoms. The van der Waals surface area contributed by atoms with Gasteiger partial charge in [-0.15, -0.1) is 0 Å². The first-order chi connectivity index (χ1) is 3.31. The molecule has 0 heterocycles. The molecule has 2 rings (SSSR count). The SMILES string of the molecule is CC1([C]2CC2)CC1. The summed E-state index contributed by atoms with van der Waals surface area (Å²) in [6.07, 6.45) is 5.89. The Morgan fingerprint density at radius 2 is 1.86 bits per heavy atom. The third-order valence-corrected chi connectivity index (χ3v) is 2.35. The molecule has 1 radical (unpaired) electrons. The zero-order chi connectivity index (χ0) is 4.91. The van der Waals surface area contributed by atoms with Crippen LogP contribution in [-0.4, -0.2) is 0 Å². The second kappa shape index (κ2) is 0.888. The first-order valence-electron chi connectivity index (χ1n) is 3.16. The normalized spacial score (nSPS) is 35.6. The third-order valence-electron chi connectivity index (χ3n) is 2.35. The Kier molecular flexibility index (Phi) is 0.499. The molecule has 2 fully saturated rings. The van der Waals surface area contributed by atoms with Crippen molar-refractivity contribution in [3.63, 3.8) is 0 Å². The van der Waals surface area contributed by atoms with Gasteiger partial charge in [-0.2, -0.15) is 0 Å². The summed E-state index contributed by atoms with van der Waals surface area (Å²) in [5.41, 5.74) is 0.778. The second-order valence-corrected chi connectivity index (χ2v) is 3.16. The van der Waals surface area contributed by atoms with Crippen LogP contribution in [0.2, 0.25) is 0 Å². The zero-order valence-electron chi connectivity index (χ0n) is 4.83. The van der Waals surface area contributed by atoms with Gasteiger partial charge in [0.25, 0.3) is 0 Å². The maximum atomic E-state index is 2.40. The van der Waals surface area contributed by atoms with Crippen molar-refractivity contribution in [2.45, 2.75) is 32.6 Å². The number of hydrogen-bond acceptors (Lipinski definition) is 0. The summed E-state index contributed by atoms with van der Waals surface area (Å²) in [4.78, 5) is 0. The first-order valence-corrected chi connectivity index (χ1v) is 3.16. The summed E-state index contributed by atoms with van der Waals surface area (Å²) >= 11 is 0. The van der Waals surface area contributed by atoms with Gasteiger partial charge in [0.1, 0.15) is 0 Å². The molecule has 2 saturated carbocycles. The van der Waals surface area contributed by atoms with Crippen LogP contribution in [0.3, 0.4) is 0 Å². The van der Waals surface area contributed by atoms with Gasteiger partial charge in [-0.1, -0.05) is 6.92 Å². The highest BCUT2D eigenvalue weighted by molar-refractivity contribution is 5.22. The van der Waals surface area contributed by atoms with E-state index in [1.165, 1.54) is 25.7 Å². The summed E-state index contributed by atoms with van der Waals surface area (Å²) in [5, 5.41) is 0. The third kappa shape index (κ3) is 0.490. The summed E-state index contributed by atoms with van der Waals surface area (Å²) < 4.78 is 0. The molecule has 2 aliphatic rings. The molecule has 0 spiro atoms. The van der Waals surface area contributed by atoms with E-state index < -0.39 is 0 Å². The van der Waals surface area contributed by atoms with Gasteiger partial charge in [0, 0.05) is 0 Å². The fraction of sp³-hybridized carbons (Fsp3) is 0.857. The Morgan fingerprint density at radius 3 is 2.00 bits per heavy atom. The Labute approximate surface area is 44.9 Å². The van der Waals surface area contributed by atoms with Crippen LogP contribution in [-0.2, 0) is 0 Å². The van der Waals surface area contributed by atoms with Crippen molar-refractivity contribution in [3.05, 3.63) is 5.92 Å². The molecule has 0 aliphatic heterocycles. The Balaban J connectivity index is 2.04. The summed E-state index contributed by atoms with van der Waals surface area (Å²) in [7, 11) is 0. The maximum absolute atomic E-state index is 2.40. The fourth-order valence-corrected chi connectivity index (χ4v) is 1.21. The maximum Gasteiger partial charge on any atom is -0.0181 e. The van der Waals surface area contributed by atoms with Crippen molar-refractivity contribution in [3.8, 4) is 0 Å². The molecule has 0 atom stereocenters. The van der Waals surface area contributed by atoms with Crippen LogP contribution in [0.1, 0.15) is 32.6 Å². The van der Waals surface area contributed by atoms with E-state index in [-0.39, 0.29) is 0 Å². The lowest BCUT2D eigenvalue weighted by Crippen LogP contribution is -1.90. The fourth-order valence-electron chi connectivity index (χ4n) is 1.21. The lowest BCUT2D eigenvalue weighted by molar-refractivity contribution is 0.658. The van der Waals surface area contributed by atoms with E-state index in [9.17, 15) is 0 Å². The average molecular weight is 95.2 g/mol. The largest absolute Gasteiger partial charge is 0.0591 e. The standard InChI is InChI=1S/C7H11/c1-7(4-5-7)6-2-3-6/h2-5H2,1H3. The number of rotatable bonds is 1.